The third-order valence-electron chi connectivity index (χ3n) is 1.99. The van der Waals surface area contributed by atoms with Gasteiger partial charge in [-0.2, -0.15) is 0 Å². The van der Waals surface area contributed by atoms with Crippen molar-refractivity contribution in [2.45, 2.75) is 0 Å². The maximum absolute atomic E-state index is 5.18. The van der Waals surface area contributed by atoms with Crippen LogP contribution in [0, 0.1) is 0 Å². The van der Waals surface area contributed by atoms with E-state index in [1.54, 1.807) is 0 Å². The van der Waals surface area contributed by atoms with Gasteiger partial charge in [0.2, 0.25) is 0 Å². The van der Waals surface area contributed by atoms with E-state index in [9.17, 15) is 0 Å². The number of pyridine rings is 1. The van der Waals surface area contributed by atoms with Gasteiger partial charge >= 0.3 is 0 Å². The fourth-order valence-corrected chi connectivity index (χ4v) is 1.84. The maximum Gasteiger partial charge on any atom is 0.176 e. The van der Waals surface area contributed by atoms with Gasteiger partial charge in [0, 0.05) is 5.69 Å². The molecule has 0 atom stereocenters. The molecule has 17 heavy (non-hydrogen) atoms. The summed E-state index contributed by atoms with van der Waals surface area (Å²) in [4.78, 5) is 4.23. The van der Waals surface area contributed by atoms with Crippen molar-refractivity contribution < 1.29 is 0 Å². The van der Waals surface area contributed by atoms with Gasteiger partial charge in [-0.05, 0) is 52.4 Å². The minimum Gasteiger partial charge on any atom is -0.332 e. The van der Waals surface area contributed by atoms with Gasteiger partial charge in [0.15, 0.2) is 5.11 Å². The van der Waals surface area contributed by atoms with E-state index in [1.165, 1.54) is 0 Å². The highest BCUT2D eigenvalue weighted by atomic mass is 79.9. The molecule has 0 aliphatic heterocycles. The molecule has 0 aliphatic carbocycles. The number of aromatic nitrogens is 1. The fraction of sp³-hybridized carbons (Fsp3) is 0. The number of halogens is 1. The van der Waals surface area contributed by atoms with Gasteiger partial charge in [-0.3, -0.25) is 0 Å². The maximum atomic E-state index is 5.18. The Morgan fingerprint density at radius 2 is 1.76 bits per heavy atom. The molecule has 1 aromatic carbocycles. The minimum absolute atomic E-state index is 0.516. The van der Waals surface area contributed by atoms with Gasteiger partial charge < -0.3 is 10.6 Å². The third-order valence-corrected chi connectivity index (χ3v) is 2.63. The minimum atomic E-state index is 0.516. The second kappa shape index (κ2) is 5.75. The van der Waals surface area contributed by atoms with E-state index in [0.29, 0.717) is 10.9 Å². The van der Waals surface area contributed by atoms with Crippen LogP contribution in [0.2, 0.25) is 0 Å². The standard InChI is InChI=1S/C12H10BrN3S/c13-10-7-4-8-11(15-10)16-12(17)14-9-5-2-1-3-6-9/h1-8H,(H2,14,15,16,17). The molecule has 0 fully saturated rings. The lowest BCUT2D eigenvalue weighted by atomic mass is 10.3. The number of anilines is 2. The van der Waals surface area contributed by atoms with Crippen LogP contribution in [0.1, 0.15) is 0 Å². The molecular weight excluding hydrogens is 298 g/mol. The SMILES string of the molecule is S=C(Nc1ccccc1)Nc1cccc(Br)n1. The second-order valence-electron chi connectivity index (χ2n) is 3.29. The first-order chi connectivity index (χ1) is 8.24. The Balaban J connectivity index is 1.98. The van der Waals surface area contributed by atoms with Crippen LogP contribution in [0.5, 0.6) is 0 Å². The highest BCUT2D eigenvalue weighted by molar-refractivity contribution is 9.10. The first-order valence-electron chi connectivity index (χ1n) is 5.00. The summed E-state index contributed by atoms with van der Waals surface area (Å²) in [6.45, 7) is 0. The van der Waals surface area contributed by atoms with Crippen molar-refractivity contribution in [1.82, 2.24) is 4.98 Å². The molecule has 0 saturated heterocycles. The predicted octanol–water partition coefficient (Wildman–Crippen LogP) is 3.65. The van der Waals surface area contributed by atoms with Gasteiger partial charge in [-0.1, -0.05) is 24.3 Å². The topological polar surface area (TPSA) is 37.0 Å². The predicted molar refractivity (Wildman–Crippen MR) is 78.2 cm³/mol. The number of thiocarbonyl (C=S) groups is 1. The van der Waals surface area contributed by atoms with Crippen LogP contribution >= 0.6 is 28.1 Å². The van der Waals surface area contributed by atoms with Crippen LogP contribution in [0.15, 0.2) is 53.1 Å². The van der Waals surface area contributed by atoms with Crippen LogP contribution < -0.4 is 10.6 Å². The van der Waals surface area contributed by atoms with Gasteiger partial charge in [-0.25, -0.2) is 4.98 Å². The number of benzene rings is 1. The summed E-state index contributed by atoms with van der Waals surface area (Å²) >= 11 is 8.49. The molecule has 5 heteroatoms. The second-order valence-corrected chi connectivity index (χ2v) is 4.51. The normalized spacial score (nSPS) is 9.71. The summed E-state index contributed by atoms with van der Waals surface area (Å²) in [5.74, 6) is 0.702. The van der Waals surface area contributed by atoms with Crippen molar-refractivity contribution >= 4 is 44.8 Å². The van der Waals surface area contributed by atoms with E-state index in [0.717, 1.165) is 10.3 Å². The van der Waals surface area contributed by atoms with Crippen molar-refractivity contribution in [3.8, 4) is 0 Å². The van der Waals surface area contributed by atoms with E-state index in [-0.39, 0.29) is 0 Å². The molecule has 0 unspecified atom stereocenters. The summed E-state index contributed by atoms with van der Waals surface area (Å²) in [5.41, 5.74) is 0.944. The quantitative estimate of drug-likeness (QED) is 0.656. The summed E-state index contributed by atoms with van der Waals surface area (Å²) in [6, 6.07) is 15.3. The smallest absolute Gasteiger partial charge is 0.176 e. The molecule has 2 N–H and O–H groups in total. The van der Waals surface area contributed by atoms with E-state index < -0.39 is 0 Å². The Morgan fingerprint density at radius 3 is 2.47 bits per heavy atom. The number of hydrogen-bond donors (Lipinski definition) is 2. The molecule has 1 heterocycles. The Bertz CT molecular complexity index is 516. The zero-order valence-corrected chi connectivity index (χ0v) is 11.3. The van der Waals surface area contributed by atoms with Gasteiger partial charge in [0.05, 0.1) is 0 Å². The van der Waals surface area contributed by atoms with Crippen LogP contribution in [0.4, 0.5) is 11.5 Å². The van der Waals surface area contributed by atoms with Crippen LogP contribution in [-0.4, -0.2) is 10.1 Å². The Labute approximate surface area is 113 Å². The average Bonchev–Trinajstić information content (AvgIpc) is 2.30. The number of para-hydroxylation sites is 1. The summed E-state index contributed by atoms with van der Waals surface area (Å²) in [5, 5.41) is 6.60. The van der Waals surface area contributed by atoms with E-state index >= 15 is 0 Å². The monoisotopic (exact) mass is 307 g/mol. The third kappa shape index (κ3) is 3.80. The molecule has 1 aromatic heterocycles. The number of nitrogens with zero attached hydrogens (tertiary/aromatic N) is 1. The Kier molecular flexibility index (Phi) is 4.06. The lowest BCUT2D eigenvalue weighted by Gasteiger charge is -2.09. The van der Waals surface area contributed by atoms with Crippen molar-refractivity contribution in [2.75, 3.05) is 10.6 Å². The molecule has 3 nitrogen and oxygen atoms in total. The summed E-state index contributed by atoms with van der Waals surface area (Å²) in [6.07, 6.45) is 0. The molecule has 2 aromatic rings. The van der Waals surface area contributed by atoms with E-state index in [2.05, 4.69) is 31.5 Å². The first-order valence-corrected chi connectivity index (χ1v) is 6.20. The Hall–Kier alpha value is -1.46. The number of nitrogens with one attached hydrogen (secondary N) is 2. The van der Waals surface area contributed by atoms with Crippen molar-refractivity contribution in [3.05, 3.63) is 53.1 Å². The zero-order valence-electron chi connectivity index (χ0n) is 8.85. The lowest BCUT2D eigenvalue weighted by molar-refractivity contribution is 1.28. The molecule has 2 rings (SSSR count). The number of hydrogen-bond acceptors (Lipinski definition) is 2. The molecule has 0 aliphatic rings. The highest BCUT2D eigenvalue weighted by Gasteiger charge is 1.99. The van der Waals surface area contributed by atoms with Gasteiger partial charge in [0.1, 0.15) is 10.4 Å². The first kappa shape index (κ1) is 12.0. The van der Waals surface area contributed by atoms with Crippen molar-refractivity contribution in [2.24, 2.45) is 0 Å². The molecular formula is C12H10BrN3S. The van der Waals surface area contributed by atoms with Gasteiger partial charge in [-0.15, -0.1) is 0 Å². The van der Waals surface area contributed by atoms with Crippen LogP contribution in [-0.2, 0) is 0 Å². The summed E-state index contributed by atoms with van der Waals surface area (Å²) in [7, 11) is 0. The fourth-order valence-electron chi connectivity index (χ4n) is 1.28. The highest BCUT2D eigenvalue weighted by Crippen LogP contribution is 2.11. The molecule has 86 valence electrons. The van der Waals surface area contributed by atoms with E-state index in [1.807, 2.05) is 48.5 Å². The van der Waals surface area contributed by atoms with Crippen molar-refractivity contribution in [1.29, 1.82) is 0 Å². The van der Waals surface area contributed by atoms with Crippen LogP contribution in [0.25, 0.3) is 0 Å². The Morgan fingerprint density at radius 1 is 1.00 bits per heavy atom. The lowest BCUT2D eigenvalue weighted by Crippen LogP contribution is -2.19. The van der Waals surface area contributed by atoms with Crippen molar-refractivity contribution in [3.63, 3.8) is 0 Å². The summed E-state index contributed by atoms with van der Waals surface area (Å²) < 4.78 is 0.769. The number of rotatable bonds is 2. The molecule has 0 saturated carbocycles. The van der Waals surface area contributed by atoms with E-state index in [4.69, 9.17) is 12.2 Å². The zero-order chi connectivity index (χ0) is 12.1. The molecule has 0 amide bonds. The molecule has 0 radical (unpaired) electrons. The van der Waals surface area contributed by atoms with Crippen LogP contribution in [0.3, 0.4) is 0 Å². The largest absolute Gasteiger partial charge is 0.332 e. The average molecular weight is 308 g/mol. The van der Waals surface area contributed by atoms with Gasteiger partial charge in [0.25, 0.3) is 0 Å². The molecule has 0 spiro atoms. The molecule has 0 bridgehead atoms.